The summed E-state index contributed by atoms with van der Waals surface area (Å²) in [5.74, 6) is 0.623. The minimum absolute atomic E-state index is 0.0461. The average Bonchev–Trinajstić information content (AvgIpc) is 2.80. The van der Waals surface area contributed by atoms with Gasteiger partial charge >= 0.3 is 6.03 Å². The highest BCUT2D eigenvalue weighted by atomic mass is 32.2. The van der Waals surface area contributed by atoms with Gasteiger partial charge in [-0.05, 0) is 55.3 Å². The minimum atomic E-state index is -3.43. The fraction of sp³-hybridized carbons (Fsp3) is 0.458. The molecule has 1 heterocycles. The molecule has 0 saturated carbocycles. The SMILES string of the molecule is CCCCOc1ccc(NC(=O)NCCS(=O)(=O)N2CCN(c3cccc(C)c3)CC2)cc1. The minimum Gasteiger partial charge on any atom is -0.494 e. The average molecular weight is 475 g/mol. The lowest BCUT2D eigenvalue weighted by molar-refractivity contribution is 0.252. The summed E-state index contributed by atoms with van der Waals surface area (Å²) in [6, 6.07) is 14.9. The molecule has 9 heteroatoms. The maximum absolute atomic E-state index is 12.7. The van der Waals surface area contributed by atoms with Crippen LogP contribution in [0.5, 0.6) is 5.75 Å². The third kappa shape index (κ3) is 7.64. The van der Waals surface area contributed by atoms with E-state index < -0.39 is 16.1 Å². The van der Waals surface area contributed by atoms with Crippen molar-refractivity contribution < 1.29 is 17.9 Å². The number of anilines is 2. The van der Waals surface area contributed by atoms with E-state index in [0.717, 1.165) is 24.3 Å². The van der Waals surface area contributed by atoms with Crippen LogP contribution in [0.1, 0.15) is 25.3 Å². The first-order valence-electron chi connectivity index (χ1n) is 11.4. The largest absolute Gasteiger partial charge is 0.494 e. The Labute approximate surface area is 197 Å². The van der Waals surface area contributed by atoms with Crippen molar-refractivity contribution in [3.63, 3.8) is 0 Å². The molecule has 8 nitrogen and oxygen atoms in total. The van der Waals surface area contributed by atoms with Gasteiger partial charge in [-0.2, -0.15) is 4.31 Å². The predicted octanol–water partition coefficient (Wildman–Crippen LogP) is 3.45. The van der Waals surface area contributed by atoms with Gasteiger partial charge in [-0.3, -0.25) is 0 Å². The number of rotatable bonds is 10. The molecule has 33 heavy (non-hydrogen) atoms. The molecule has 0 aliphatic carbocycles. The molecule has 1 aliphatic rings. The van der Waals surface area contributed by atoms with E-state index >= 15 is 0 Å². The van der Waals surface area contributed by atoms with Crippen LogP contribution in [-0.4, -0.2) is 63.8 Å². The summed E-state index contributed by atoms with van der Waals surface area (Å²) < 4.78 is 32.5. The Balaban J connectivity index is 1.39. The van der Waals surface area contributed by atoms with Crippen LogP contribution >= 0.6 is 0 Å². The van der Waals surface area contributed by atoms with Crippen LogP contribution in [-0.2, 0) is 10.0 Å². The molecule has 1 saturated heterocycles. The smallest absolute Gasteiger partial charge is 0.319 e. The topological polar surface area (TPSA) is 91.0 Å². The number of unbranched alkanes of at least 4 members (excludes halogenated alkanes) is 1. The van der Waals surface area contributed by atoms with Crippen LogP contribution in [0.2, 0.25) is 0 Å². The molecular weight excluding hydrogens is 440 g/mol. The number of aryl methyl sites for hydroxylation is 1. The number of sulfonamides is 1. The number of hydrogen-bond donors (Lipinski definition) is 2. The first kappa shape index (κ1) is 24.9. The van der Waals surface area contributed by atoms with Crippen LogP contribution < -0.4 is 20.3 Å². The van der Waals surface area contributed by atoms with E-state index in [0.29, 0.717) is 38.5 Å². The Morgan fingerprint density at radius 2 is 1.79 bits per heavy atom. The lowest BCUT2D eigenvalue weighted by Gasteiger charge is -2.35. The van der Waals surface area contributed by atoms with E-state index in [1.165, 1.54) is 9.87 Å². The number of urea groups is 1. The van der Waals surface area contributed by atoms with Gasteiger partial charge in [0.2, 0.25) is 10.0 Å². The second-order valence-corrected chi connectivity index (χ2v) is 10.2. The number of carbonyl (C=O) groups excluding carboxylic acids is 1. The van der Waals surface area contributed by atoms with Crippen molar-refractivity contribution in [1.29, 1.82) is 0 Å². The Kier molecular flexibility index (Phi) is 8.96. The van der Waals surface area contributed by atoms with Crippen LogP contribution in [0.15, 0.2) is 48.5 Å². The summed E-state index contributed by atoms with van der Waals surface area (Å²) in [4.78, 5) is 14.3. The highest BCUT2D eigenvalue weighted by molar-refractivity contribution is 7.89. The normalized spacial score (nSPS) is 14.7. The molecule has 0 spiro atoms. The molecule has 2 N–H and O–H groups in total. The van der Waals surface area contributed by atoms with Crippen LogP contribution in [0.3, 0.4) is 0 Å². The fourth-order valence-corrected chi connectivity index (χ4v) is 4.95. The lowest BCUT2D eigenvalue weighted by atomic mass is 10.2. The van der Waals surface area contributed by atoms with Gasteiger partial charge in [0.05, 0.1) is 12.4 Å². The van der Waals surface area contributed by atoms with E-state index in [9.17, 15) is 13.2 Å². The maximum atomic E-state index is 12.7. The van der Waals surface area contributed by atoms with Gasteiger partial charge in [0, 0.05) is 44.1 Å². The molecule has 3 rings (SSSR count). The Hall–Kier alpha value is -2.78. The molecule has 1 fully saturated rings. The Morgan fingerprint density at radius 1 is 1.06 bits per heavy atom. The van der Waals surface area contributed by atoms with Crippen LogP contribution in [0.25, 0.3) is 0 Å². The number of nitrogens with zero attached hydrogens (tertiary/aromatic N) is 2. The first-order valence-corrected chi connectivity index (χ1v) is 13.1. The van der Waals surface area contributed by atoms with Crippen molar-refractivity contribution in [1.82, 2.24) is 9.62 Å². The molecule has 0 radical (unpaired) electrons. The summed E-state index contributed by atoms with van der Waals surface area (Å²) >= 11 is 0. The number of ether oxygens (including phenoxy) is 1. The summed E-state index contributed by atoms with van der Waals surface area (Å²) in [6.07, 6.45) is 2.06. The molecule has 0 unspecified atom stereocenters. The van der Waals surface area contributed by atoms with Gasteiger partial charge in [0.15, 0.2) is 0 Å². The third-order valence-electron chi connectivity index (χ3n) is 5.52. The Morgan fingerprint density at radius 3 is 2.45 bits per heavy atom. The molecule has 2 aromatic rings. The number of nitrogens with one attached hydrogen (secondary N) is 2. The summed E-state index contributed by atoms with van der Waals surface area (Å²) in [7, 11) is -3.43. The number of carbonyl (C=O) groups is 1. The molecular formula is C24H34N4O4S. The van der Waals surface area contributed by atoms with Gasteiger partial charge in [-0.15, -0.1) is 0 Å². The van der Waals surface area contributed by atoms with E-state index in [-0.39, 0.29) is 12.3 Å². The van der Waals surface area contributed by atoms with Gasteiger partial charge in [0.1, 0.15) is 5.75 Å². The summed E-state index contributed by atoms with van der Waals surface area (Å²) in [5, 5.41) is 5.34. The second-order valence-electron chi connectivity index (χ2n) is 8.15. The maximum Gasteiger partial charge on any atom is 0.319 e. The number of hydrogen-bond acceptors (Lipinski definition) is 5. The molecule has 180 valence electrons. The molecule has 1 aliphatic heterocycles. The highest BCUT2D eigenvalue weighted by Crippen LogP contribution is 2.19. The van der Waals surface area contributed by atoms with Gasteiger partial charge in [-0.25, -0.2) is 13.2 Å². The molecule has 0 atom stereocenters. The monoisotopic (exact) mass is 474 g/mol. The number of benzene rings is 2. The zero-order chi connectivity index (χ0) is 23.7. The summed E-state index contributed by atoms with van der Waals surface area (Å²) in [5.41, 5.74) is 2.92. The van der Waals surface area contributed by atoms with Gasteiger partial charge in [0.25, 0.3) is 0 Å². The fourth-order valence-electron chi connectivity index (χ4n) is 3.62. The van der Waals surface area contributed by atoms with E-state index in [2.05, 4.69) is 28.5 Å². The standard InChI is InChI=1S/C24H34N4O4S/c1-3-4-17-32-23-10-8-21(9-11-23)26-24(29)25-12-18-33(30,31)28-15-13-27(14-16-28)22-7-5-6-20(2)19-22/h5-11,19H,3-4,12-18H2,1-2H3,(H2,25,26,29). The third-order valence-corrected chi connectivity index (χ3v) is 7.40. The van der Waals surface area contributed by atoms with Crippen molar-refractivity contribution in [2.75, 3.05) is 55.3 Å². The van der Waals surface area contributed by atoms with E-state index in [4.69, 9.17) is 4.74 Å². The Bertz CT molecular complexity index is 1000. The van der Waals surface area contributed by atoms with Crippen LogP contribution in [0, 0.1) is 6.92 Å². The van der Waals surface area contributed by atoms with Crippen molar-refractivity contribution in [3.8, 4) is 5.75 Å². The van der Waals surface area contributed by atoms with Crippen LogP contribution in [0.4, 0.5) is 16.2 Å². The van der Waals surface area contributed by atoms with E-state index in [1.54, 1.807) is 24.3 Å². The highest BCUT2D eigenvalue weighted by Gasteiger charge is 2.26. The van der Waals surface area contributed by atoms with Gasteiger partial charge < -0.3 is 20.3 Å². The lowest BCUT2D eigenvalue weighted by Crippen LogP contribution is -2.50. The number of piperazine rings is 1. The molecule has 0 aromatic heterocycles. The van der Waals surface area contributed by atoms with Crippen molar-refractivity contribution in [2.24, 2.45) is 0 Å². The molecule has 2 aromatic carbocycles. The van der Waals surface area contributed by atoms with Crippen molar-refractivity contribution >= 4 is 27.4 Å². The second kappa shape index (κ2) is 11.9. The molecule has 2 amide bonds. The summed E-state index contributed by atoms with van der Waals surface area (Å²) in [6.45, 7) is 7.04. The number of amides is 2. The van der Waals surface area contributed by atoms with Crippen molar-refractivity contribution in [3.05, 3.63) is 54.1 Å². The molecule has 0 bridgehead atoms. The van der Waals surface area contributed by atoms with Gasteiger partial charge in [-0.1, -0.05) is 25.5 Å². The quantitative estimate of drug-likeness (QED) is 0.515. The predicted molar refractivity (Wildman–Crippen MR) is 133 cm³/mol. The van der Waals surface area contributed by atoms with Crippen molar-refractivity contribution in [2.45, 2.75) is 26.7 Å². The first-order chi connectivity index (χ1) is 15.9. The zero-order valence-corrected chi connectivity index (χ0v) is 20.2. The zero-order valence-electron chi connectivity index (χ0n) is 19.4. The van der Waals surface area contributed by atoms with E-state index in [1.807, 2.05) is 25.1 Å².